The Morgan fingerprint density at radius 2 is 2.26 bits per heavy atom. The second kappa shape index (κ2) is 5.90. The van der Waals surface area contributed by atoms with Crippen LogP contribution in [0.25, 0.3) is 0 Å². The fourth-order valence-electron chi connectivity index (χ4n) is 1.61. The van der Waals surface area contributed by atoms with Crippen molar-refractivity contribution in [3.05, 3.63) is 36.2 Å². The summed E-state index contributed by atoms with van der Waals surface area (Å²) in [5, 5.41) is 9.10. The molecule has 1 amide bonds. The molecule has 0 radical (unpaired) electrons. The molecule has 19 heavy (non-hydrogen) atoms. The van der Waals surface area contributed by atoms with Gasteiger partial charge in [-0.05, 0) is 25.1 Å². The van der Waals surface area contributed by atoms with Gasteiger partial charge in [0.15, 0.2) is 11.5 Å². The van der Waals surface area contributed by atoms with Gasteiger partial charge >= 0.3 is 0 Å². The number of amides is 1. The first-order valence-electron chi connectivity index (χ1n) is 5.85. The summed E-state index contributed by atoms with van der Waals surface area (Å²) in [5.74, 6) is 0.913. The van der Waals surface area contributed by atoms with Crippen molar-refractivity contribution in [2.75, 3.05) is 19.0 Å². The van der Waals surface area contributed by atoms with Crippen LogP contribution in [0.2, 0.25) is 0 Å². The van der Waals surface area contributed by atoms with Gasteiger partial charge in [-0.25, -0.2) is 0 Å². The molecule has 6 heteroatoms. The minimum absolute atomic E-state index is 0.231. The minimum atomic E-state index is -0.231. The maximum absolute atomic E-state index is 12.0. The van der Waals surface area contributed by atoms with Gasteiger partial charge in [-0.15, -0.1) is 0 Å². The molecule has 2 N–H and O–H groups in total. The SMILES string of the molecule is CCOc1cc(C(=O)Nc2cn[nH]c2)ccc1OC. The number of hydrogen-bond acceptors (Lipinski definition) is 4. The Kier molecular flexibility index (Phi) is 4.02. The summed E-state index contributed by atoms with van der Waals surface area (Å²) in [5.41, 5.74) is 1.10. The largest absolute Gasteiger partial charge is 0.493 e. The third-order valence-corrected chi connectivity index (χ3v) is 2.48. The monoisotopic (exact) mass is 261 g/mol. The van der Waals surface area contributed by atoms with Crippen molar-refractivity contribution in [3.8, 4) is 11.5 Å². The molecule has 1 aromatic carbocycles. The van der Waals surface area contributed by atoms with Crippen LogP contribution in [-0.2, 0) is 0 Å². The zero-order valence-electron chi connectivity index (χ0n) is 10.8. The van der Waals surface area contributed by atoms with Gasteiger partial charge in [0.2, 0.25) is 0 Å². The second-order valence-corrected chi connectivity index (χ2v) is 3.74. The van der Waals surface area contributed by atoms with Crippen molar-refractivity contribution < 1.29 is 14.3 Å². The van der Waals surface area contributed by atoms with Crippen LogP contribution in [0.3, 0.4) is 0 Å². The second-order valence-electron chi connectivity index (χ2n) is 3.74. The van der Waals surface area contributed by atoms with Gasteiger partial charge in [0.05, 0.1) is 25.6 Å². The third kappa shape index (κ3) is 3.04. The molecule has 1 heterocycles. The number of rotatable bonds is 5. The molecular weight excluding hydrogens is 246 g/mol. The number of carbonyl (C=O) groups is 1. The highest BCUT2D eigenvalue weighted by Gasteiger charge is 2.11. The number of nitrogens with zero attached hydrogens (tertiary/aromatic N) is 1. The number of ether oxygens (including phenoxy) is 2. The molecule has 0 spiro atoms. The first-order chi connectivity index (χ1) is 9.24. The van der Waals surface area contributed by atoms with Crippen LogP contribution in [-0.4, -0.2) is 29.8 Å². The Hall–Kier alpha value is -2.50. The van der Waals surface area contributed by atoms with E-state index in [4.69, 9.17) is 9.47 Å². The van der Waals surface area contributed by atoms with Gasteiger partial charge in [-0.3, -0.25) is 9.89 Å². The Morgan fingerprint density at radius 3 is 2.89 bits per heavy atom. The molecule has 1 aromatic heterocycles. The minimum Gasteiger partial charge on any atom is -0.493 e. The van der Waals surface area contributed by atoms with Gasteiger partial charge in [0.25, 0.3) is 5.91 Å². The molecule has 0 bridgehead atoms. The lowest BCUT2D eigenvalue weighted by Crippen LogP contribution is -2.11. The summed E-state index contributed by atoms with van der Waals surface area (Å²) in [6.07, 6.45) is 3.13. The van der Waals surface area contributed by atoms with Gasteiger partial charge in [0.1, 0.15) is 0 Å². The number of hydrogen-bond donors (Lipinski definition) is 2. The van der Waals surface area contributed by atoms with Crippen LogP contribution in [0.5, 0.6) is 11.5 Å². The molecule has 0 saturated heterocycles. The van der Waals surface area contributed by atoms with Crippen molar-refractivity contribution >= 4 is 11.6 Å². The van der Waals surface area contributed by atoms with Crippen molar-refractivity contribution in [3.63, 3.8) is 0 Å². The molecule has 2 rings (SSSR count). The van der Waals surface area contributed by atoms with Gasteiger partial charge in [-0.2, -0.15) is 5.10 Å². The van der Waals surface area contributed by atoms with Crippen LogP contribution in [0.1, 0.15) is 17.3 Å². The van der Waals surface area contributed by atoms with E-state index in [2.05, 4.69) is 15.5 Å². The molecule has 0 atom stereocenters. The average Bonchev–Trinajstić information content (AvgIpc) is 2.92. The van der Waals surface area contributed by atoms with Gasteiger partial charge in [0, 0.05) is 11.8 Å². The quantitative estimate of drug-likeness (QED) is 0.863. The van der Waals surface area contributed by atoms with E-state index < -0.39 is 0 Å². The summed E-state index contributed by atoms with van der Waals surface area (Å²) >= 11 is 0. The molecule has 0 aliphatic carbocycles. The zero-order valence-corrected chi connectivity index (χ0v) is 10.8. The molecule has 0 aliphatic heterocycles. The number of nitrogens with one attached hydrogen (secondary N) is 2. The molecule has 0 saturated carbocycles. The number of aromatic amines is 1. The lowest BCUT2D eigenvalue weighted by Gasteiger charge is -2.10. The molecule has 0 fully saturated rings. The topological polar surface area (TPSA) is 76.2 Å². The predicted molar refractivity (Wildman–Crippen MR) is 70.7 cm³/mol. The predicted octanol–water partition coefficient (Wildman–Crippen LogP) is 2.07. The molecule has 6 nitrogen and oxygen atoms in total. The van der Waals surface area contributed by atoms with Crippen LogP contribution < -0.4 is 14.8 Å². The van der Waals surface area contributed by atoms with E-state index in [1.807, 2.05) is 6.92 Å². The molecular formula is C13H15N3O3. The van der Waals surface area contributed by atoms with E-state index in [-0.39, 0.29) is 5.91 Å². The lowest BCUT2D eigenvalue weighted by molar-refractivity contribution is 0.102. The fraction of sp³-hybridized carbons (Fsp3) is 0.231. The van der Waals surface area contributed by atoms with Crippen molar-refractivity contribution in [1.82, 2.24) is 10.2 Å². The van der Waals surface area contributed by atoms with Crippen molar-refractivity contribution in [2.24, 2.45) is 0 Å². The van der Waals surface area contributed by atoms with Gasteiger partial charge < -0.3 is 14.8 Å². The number of carbonyl (C=O) groups excluding carboxylic acids is 1. The van der Waals surface area contributed by atoms with E-state index >= 15 is 0 Å². The normalized spacial score (nSPS) is 10.0. The maximum atomic E-state index is 12.0. The number of anilines is 1. The van der Waals surface area contributed by atoms with E-state index in [0.29, 0.717) is 29.4 Å². The Balaban J connectivity index is 2.19. The molecule has 0 aliphatic rings. The highest BCUT2D eigenvalue weighted by Crippen LogP contribution is 2.28. The first kappa shape index (κ1) is 12.9. The van der Waals surface area contributed by atoms with Crippen molar-refractivity contribution in [1.29, 1.82) is 0 Å². The van der Waals surface area contributed by atoms with E-state index in [9.17, 15) is 4.79 Å². The highest BCUT2D eigenvalue weighted by molar-refractivity contribution is 6.04. The third-order valence-electron chi connectivity index (χ3n) is 2.48. The Morgan fingerprint density at radius 1 is 1.42 bits per heavy atom. The van der Waals surface area contributed by atoms with Crippen molar-refractivity contribution in [2.45, 2.75) is 6.92 Å². The average molecular weight is 261 g/mol. The summed E-state index contributed by atoms with van der Waals surface area (Å²) in [6.45, 7) is 2.38. The summed E-state index contributed by atoms with van der Waals surface area (Å²) in [4.78, 5) is 12.0. The molecule has 2 aromatic rings. The first-order valence-corrected chi connectivity index (χ1v) is 5.85. The summed E-state index contributed by atoms with van der Waals surface area (Å²) < 4.78 is 10.6. The van der Waals surface area contributed by atoms with Crippen LogP contribution in [0.15, 0.2) is 30.6 Å². The maximum Gasteiger partial charge on any atom is 0.255 e. The molecule has 100 valence electrons. The Bertz CT molecular complexity index is 552. The zero-order chi connectivity index (χ0) is 13.7. The highest BCUT2D eigenvalue weighted by atomic mass is 16.5. The van der Waals surface area contributed by atoms with Crippen LogP contribution in [0.4, 0.5) is 5.69 Å². The van der Waals surface area contributed by atoms with E-state index in [0.717, 1.165) is 0 Å². The van der Waals surface area contributed by atoms with Gasteiger partial charge in [-0.1, -0.05) is 0 Å². The number of H-pyrrole nitrogens is 1. The standard InChI is InChI=1S/C13H15N3O3/c1-3-19-12-6-9(4-5-11(12)18-2)13(17)16-10-7-14-15-8-10/h4-8H,3H2,1-2H3,(H,14,15)(H,16,17). The van der Waals surface area contributed by atoms with Crippen LogP contribution >= 0.6 is 0 Å². The molecule has 0 unspecified atom stereocenters. The number of aromatic nitrogens is 2. The summed E-state index contributed by atoms with van der Waals surface area (Å²) in [7, 11) is 1.56. The lowest BCUT2D eigenvalue weighted by atomic mass is 10.2. The summed E-state index contributed by atoms with van der Waals surface area (Å²) in [6, 6.07) is 5.03. The fourth-order valence-corrected chi connectivity index (χ4v) is 1.61. The number of benzene rings is 1. The Labute approximate surface area is 110 Å². The van der Waals surface area contributed by atoms with Crippen LogP contribution in [0, 0.1) is 0 Å². The van der Waals surface area contributed by atoms with E-state index in [1.165, 1.54) is 6.20 Å². The number of methoxy groups -OCH3 is 1. The van der Waals surface area contributed by atoms with E-state index in [1.54, 1.807) is 31.5 Å². The smallest absolute Gasteiger partial charge is 0.255 e.